The van der Waals surface area contributed by atoms with Crippen molar-refractivity contribution in [1.29, 1.82) is 0 Å². The lowest BCUT2D eigenvalue weighted by atomic mass is 10.1. The van der Waals surface area contributed by atoms with E-state index in [-0.39, 0.29) is 0 Å². The largest absolute Gasteiger partial charge is 0.490 e. The van der Waals surface area contributed by atoms with Gasteiger partial charge in [0.2, 0.25) is 5.91 Å². The lowest BCUT2D eigenvalue weighted by molar-refractivity contribution is -0.131. The Kier molecular flexibility index (Phi) is 7.53. The van der Waals surface area contributed by atoms with Crippen molar-refractivity contribution in [3.63, 3.8) is 0 Å². The molecule has 0 aromatic heterocycles. The first-order valence-electron chi connectivity index (χ1n) is 7.14. The molecule has 0 bridgehead atoms. The summed E-state index contributed by atoms with van der Waals surface area (Å²) in [7, 11) is 0. The van der Waals surface area contributed by atoms with Crippen LogP contribution in [-0.4, -0.2) is 36.7 Å². The number of ether oxygens (including phenoxy) is 2. The van der Waals surface area contributed by atoms with Crippen LogP contribution in [0.1, 0.15) is 19.4 Å². The topological polar surface area (TPSA) is 84.9 Å². The fraction of sp³-hybridized carbons (Fsp3) is 0.375. The van der Waals surface area contributed by atoms with Gasteiger partial charge in [-0.25, -0.2) is 4.79 Å². The van der Waals surface area contributed by atoms with Gasteiger partial charge in [-0.1, -0.05) is 6.07 Å². The van der Waals surface area contributed by atoms with Crippen molar-refractivity contribution in [2.75, 3.05) is 19.8 Å². The van der Waals surface area contributed by atoms with Gasteiger partial charge in [-0.3, -0.25) is 4.79 Å². The van der Waals surface area contributed by atoms with E-state index in [1.807, 2.05) is 32.0 Å². The van der Waals surface area contributed by atoms with Gasteiger partial charge < -0.3 is 19.9 Å². The molecule has 22 heavy (non-hydrogen) atoms. The van der Waals surface area contributed by atoms with Crippen molar-refractivity contribution in [2.24, 2.45) is 0 Å². The summed E-state index contributed by atoms with van der Waals surface area (Å²) in [5.74, 6) is -0.207. The van der Waals surface area contributed by atoms with Crippen molar-refractivity contribution in [1.82, 2.24) is 5.32 Å². The molecule has 1 aromatic carbocycles. The van der Waals surface area contributed by atoms with Gasteiger partial charge in [-0.2, -0.15) is 0 Å². The molecule has 0 heterocycles. The summed E-state index contributed by atoms with van der Waals surface area (Å²) < 4.78 is 11.0. The monoisotopic (exact) mass is 307 g/mol. The van der Waals surface area contributed by atoms with Crippen LogP contribution in [0.2, 0.25) is 0 Å². The standard InChI is InChI=1S/C16H21NO5/c1-3-21-13-6-5-12(11-14(13)22-4-2)9-10-17-15(18)7-8-16(19)20/h5-8,11H,3-4,9-10H2,1-2H3,(H,17,18)(H,19,20)/b8-7-. The predicted octanol–water partition coefficient (Wildman–Crippen LogP) is 1.78. The second kappa shape index (κ2) is 9.44. The van der Waals surface area contributed by atoms with Gasteiger partial charge >= 0.3 is 5.97 Å². The molecule has 2 N–H and O–H groups in total. The number of carbonyl (C=O) groups is 2. The Bertz CT molecular complexity index is 539. The van der Waals surface area contributed by atoms with E-state index >= 15 is 0 Å². The zero-order chi connectivity index (χ0) is 16.4. The first-order chi connectivity index (χ1) is 10.6. The van der Waals surface area contributed by atoms with Crippen molar-refractivity contribution < 1.29 is 24.2 Å². The second-order valence-electron chi connectivity index (χ2n) is 4.36. The molecule has 0 saturated carbocycles. The highest BCUT2D eigenvalue weighted by atomic mass is 16.5. The molecule has 0 radical (unpaired) electrons. The Morgan fingerprint density at radius 2 is 1.82 bits per heavy atom. The van der Waals surface area contributed by atoms with E-state index in [1.54, 1.807) is 0 Å². The van der Waals surface area contributed by atoms with E-state index < -0.39 is 11.9 Å². The number of amides is 1. The van der Waals surface area contributed by atoms with Crippen LogP contribution in [0.4, 0.5) is 0 Å². The van der Waals surface area contributed by atoms with Crippen LogP contribution in [0.25, 0.3) is 0 Å². The third-order valence-corrected chi connectivity index (χ3v) is 2.70. The molecule has 0 unspecified atom stereocenters. The Balaban J connectivity index is 2.57. The summed E-state index contributed by atoms with van der Waals surface area (Å²) in [4.78, 5) is 21.6. The van der Waals surface area contributed by atoms with Gasteiger partial charge in [-0.15, -0.1) is 0 Å². The van der Waals surface area contributed by atoms with E-state index in [9.17, 15) is 9.59 Å². The van der Waals surface area contributed by atoms with Crippen LogP contribution in [-0.2, 0) is 16.0 Å². The third-order valence-electron chi connectivity index (χ3n) is 2.70. The van der Waals surface area contributed by atoms with Crippen LogP contribution >= 0.6 is 0 Å². The number of nitrogens with one attached hydrogen (secondary N) is 1. The fourth-order valence-electron chi connectivity index (χ4n) is 1.79. The predicted molar refractivity (Wildman–Crippen MR) is 82.3 cm³/mol. The Morgan fingerprint density at radius 1 is 1.14 bits per heavy atom. The molecule has 1 aromatic rings. The maximum Gasteiger partial charge on any atom is 0.328 e. The molecule has 0 atom stereocenters. The van der Waals surface area contributed by atoms with Crippen LogP contribution < -0.4 is 14.8 Å². The average molecular weight is 307 g/mol. The fourth-order valence-corrected chi connectivity index (χ4v) is 1.79. The van der Waals surface area contributed by atoms with Crippen molar-refractivity contribution >= 4 is 11.9 Å². The zero-order valence-corrected chi connectivity index (χ0v) is 12.8. The highest BCUT2D eigenvalue weighted by Crippen LogP contribution is 2.28. The number of carboxylic acids is 1. The Labute approximate surface area is 129 Å². The van der Waals surface area contributed by atoms with Crippen LogP contribution in [0.3, 0.4) is 0 Å². The third kappa shape index (κ3) is 6.30. The summed E-state index contributed by atoms with van der Waals surface area (Å²) in [6.07, 6.45) is 2.41. The molecule has 6 nitrogen and oxygen atoms in total. The normalized spacial score (nSPS) is 10.5. The number of benzene rings is 1. The minimum absolute atomic E-state index is 0.405. The molecule has 0 aliphatic heterocycles. The Hall–Kier alpha value is -2.50. The minimum atomic E-state index is -1.15. The summed E-state index contributed by atoms with van der Waals surface area (Å²) in [6.45, 7) is 5.31. The average Bonchev–Trinajstić information content (AvgIpc) is 2.48. The van der Waals surface area contributed by atoms with Crippen LogP contribution in [0.15, 0.2) is 30.4 Å². The van der Waals surface area contributed by atoms with Gasteiger partial charge in [-0.05, 0) is 38.0 Å². The molecule has 1 rings (SSSR count). The highest BCUT2D eigenvalue weighted by Gasteiger charge is 2.06. The second-order valence-corrected chi connectivity index (χ2v) is 4.36. The summed E-state index contributed by atoms with van der Waals surface area (Å²) in [5, 5.41) is 11.0. The van der Waals surface area contributed by atoms with Crippen molar-refractivity contribution in [2.45, 2.75) is 20.3 Å². The van der Waals surface area contributed by atoms with E-state index in [2.05, 4.69) is 5.32 Å². The van der Waals surface area contributed by atoms with Gasteiger partial charge in [0.1, 0.15) is 0 Å². The van der Waals surface area contributed by atoms with Gasteiger partial charge in [0.25, 0.3) is 0 Å². The Morgan fingerprint density at radius 3 is 2.45 bits per heavy atom. The quantitative estimate of drug-likeness (QED) is 0.679. The minimum Gasteiger partial charge on any atom is -0.490 e. The number of carboxylic acid groups (broad SMARTS) is 1. The number of hydrogen-bond acceptors (Lipinski definition) is 4. The number of hydrogen-bond donors (Lipinski definition) is 2. The number of aliphatic carboxylic acids is 1. The van der Waals surface area contributed by atoms with Crippen molar-refractivity contribution in [3.05, 3.63) is 35.9 Å². The molecular weight excluding hydrogens is 286 g/mol. The summed E-state index contributed by atoms with van der Waals surface area (Å²) in [6, 6.07) is 5.64. The SMILES string of the molecule is CCOc1ccc(CCNC(=O)/C=C\C(=O)O)cc1OCC. The lowest BCUT2D eigenvalue weighted by Crippen LogP contribution is -2.23. The van der Waals surface area contributed by atoms with Crippen LogP contribution in [0.5, 0.6) is 11.5 Å². The molecule has 0 saturated heterocycles. The number of rotatable bonds is 9. The summed E-state index contributed by atoms with van der Waals surface area (Å²) in [5.41, 5.74) is 0.995. The van der Waals surface area contributed by atoms with Gasteiger partial charge in [0.05, 0.1) is 13.2 Å². The molecule has 1 amide bonds. The van der Waals surface area contributed by atoms with E-state index in [1.165, 1.54) is 0 Å². The van der Waals surface area contributed by atoms with Crippen LogP contribution in [0, 0.1) is 0 Å². The van der Waals surface area contributed by atoms with Gasteiger partial charge in [0, 0.05) is 18.7 Å². The molecule has 6 heteroatoms. The number of carbonyl (C=O) groups excluding carboxylic acids is 1. The highest BCUT2D eigenvalue weighted by molar-refractivity contribution is 5.93. The first kappa shape index (κ1) is 17.6. The zero-order valence-electron chi connectivity index (χ0n) is 12.8. The molecule has 0 fully saturated rings. The molecule has 0 aliphatic rings. The van der Waals surface area contributed by atoms with Crippen molar-refractivity contribution in [3.8, 4) is 11.5 Å². The van der Waals surface area contributed by atoms with E-state index in [0.29, 0.717) is 37.7 Å². The molecular formula is C16H21NO5. The summed E-state index contributed by atoms with van der Waals surface area (Å²) >= 11 is 0. The smallest absolute Gasteiger partial charge is 0.328 e. The maximum atomic E-state index is 11.3. The molecule has 120 valence electrons. The van der Waals surface area contributed by atoms with E-state index in [0.717, 1.165) is 17.7 Å². The lowest BCUT2D eigenvalue weighted by Gasteiger charge is -2.12. The maximum absolute atomic E-state index is 11.3. The van der Waals surface area contributed by atoms with E-state index in [4.69, 9.17) is 14.6 Å². The molecule has 0 aliphatic carbocycles. The molecule has 0 spiro atoms. The first-order valence-corrected chi connectivity index (χ1v) is 7.14. The van der Waals surface area contributed by atoms with Gasteiger partial charge in [0.15, 0.2) is 11.5 Å².